The first-order chi connectivity index (χ1) is 8.94. The first-order valence-corrected chi connectivity index (χ1v) is 7.42. The van der Waals surface area contributed by atoms with Gasteiger partial charge >= 0.3 is 0 Å². The van der Waals surface area contributed by atoms with Crippen molar-refractivity contribution in [3.63, 3.8) is 0 Å². The molecule has 2 rings (SSSR count). The Balaban J connectivity index is 2.59. The first-order valence-electron chi connectivity index (χ1n) is 5.93. The molecule has 0 aliphatic carbocycles. The van der Waals surface area contributed by atoms with E-state index in [9.17, 15) is 8.42 Å². The fourth-order valence-corrected chi connectivity index (χ4v) is 3.21. The van der Waals surface area contributed by atoms with Gasteiger partial charge in [-0.15, -0.1) is 0 Å². The Morgan fingerprint density at radius 3 is 2.74 bits per heavy atom. The summed E-state index contributed by atoms with van der Waals surface area (Å²) in [5.41, 5.74) is 1.20. The predicted octanol–water partition coefficient (Wildman–Crippen LogP) is 1.20. The number of rotatable bonds is 4. The summed E-state index contributed by atoms with van der Waals surface area (Å²) in [4.78, 5) is 4.43. The lowest BCUT2D eigenvalue weighted by molar-refractivity contribution is 0.265. The van der Waals surface area contributed by atoms with E-state index in [0.29, 0.717) is 5.52 Å². The topological polar surface area (TPSA) is 79.3 Å². The molecule has 0 spiro atoms. The molecule has 5 nitrogen and oxygen atoms in total. The minimum absolute atomic E-state index is 0.133. The Morgan fingerprint density at radius 1 is 1.32 bits per heavy atom. The van der Waals surface area contributed by atoms with E-state index < -0.39 is 16.1 Å². The Kier molecular flexibility index (Phi) is 3.84. The van der Waals surface area contributed by atoms with Gasteiger partial charge in [0.05, 0.1) is 12.1 Å². The summed E-state index contributed by atoms with van der Waals surface area (Å²) < 4.78 is 26.9. The summed E-state index contributed by atoms with van der Waals surface area (Å²) in [5.74, 6) is 0. The van der Waals surface area contributed by atoms with Crippen molar-refractivity contribution < 1.29 is 13.5 Å². The van der Waals surface area contributed by atoms with Crippen LogP contribution in [0.2, 0.25) is 0 Å². The average molecular weight is 280 g/mol. The van der Waals surface area contributed by atoms with Crippen LogP contribution in [-0.2, 0) is 10.0 Å². The standard InChI is InChI=1S/C13H16N2O3S/c1-9-6-7-11-4-3-5-12(13(11)14-9)19(17,18)15-10(2)8-16/h3-7,10,15-16H,8H2,1-2H3/t10-/m1/s1. The molecular weight excluding hydrogens is 264 g/mol. The number of nitrogens with zero attached hydrogens (tertiary/aromatic N) is 1. The molecule has 0 amide bonds. The lowest BCUT2D eigenvalue weighted by Crippen LogP contribution is -2.35. The quantitative estimate of drug-likeness (QED) is 0.882. The second-order valence-corrected chi connectivity index (χ2v) is 6.17. The zero-order valence-corrected chi connectivity index (χ0v) is 11.6. The molecule has 1 heterocycles. The van der Waals surface area contributed by atoms with Crippen molar-refractivity contribution in [1.29, 1.82) is 0 Å². The van der Waals surface area contributed by atoms with Gasteiger partial charge in [0.1, 0.15) is 4.90 Å². The summed E-state index contributed by atoms with van der Waals surface area (Å²) >= 11 is 0. The molecule has 102 valence electrons. The largest absolute Gasteiger partial charge is 0.395 e. The normalized spacial score (nSPS) is 13.6. The van der Waals surface area contributed by atoms with Gasteiger partial charge in [0, 0.05) is 17.1 Å². The molecule has 0 unspecified atom stereocenters. The minimum atomic E-state index is -3.69. The van der Waals surface area contributed by atoms with Gasteiger partial charge in [0.2, 0.25) is 10.0 Å². The molecule has 2 N–H and O–H groups in total. The predicted molar refractivity (Wildman–Crippen MR) is 73.3 cm³/mol. The van der Waals surface area contributed by atoms with Crippen LogP contribution < -0.4 is 4.72 Å². The van der Waals surface area contributed by atoms with Gasteiger partial charge in [-0.3, -0.25) is 4.98 Å². The minimum Gasteiger partial charge on any atom is -0.395 e. The Morgan fingerprint density at radius 2 is 2.05 bits per heavy atom. The second-order valence-electron chi connectivity index (χ2n) is 4.49. The fraction of sp³-hybridized carbons (Fsp3) is 0.308. The van der Waals surface area contributed by atoms with Gasteiger partial charge < -0.3 is 5.11 Å². The number of para-hydroxylation sites is 1. The number of hydrogen-bond acceptors (Lipinski definition) is 4. The number of aryl methyl sites for hydroxylation is 1. The Hall–Kier alpha value is -1.50. The summed E-state index contributed by atoms with van der Waals surface area (Å²) in [6.45, 7) is 3.16. The molecule has 19 heavy (non-hydrogen) atoms. The molecule has 6 heteroatoms. The van der Waals surface area contributed by atoms with Crippen LogP contribution in [-0.4, -0.2) is 31.2 Å². The zero-order valence-electron chi connectivity index (χ0n) is 10.8. The van der Waals surface area contributed by atoms with Crippen molar-refractivity contribution in [2.24, 2.45) is 0 Å². The van der Waals surface area contributed by atoms with E-state index in [0.717, 1.165) is 11.1 Å². The van der Waals surface area contributed by atoms with Crippen LogP contribution in [0.25, 0.3) is 10.9 Å². The van der Waals surface area contributed by atoms with Crippen molar-refractivity contribution >= 4 is 20.9 Å². The molecule has 0 saturated heterocycles. The monoisotopic (exact) mass is 280 g/mol. The van der Waals surface area contributed by atoms with Gasteiger partial charge in [0.15, 0.2) is 0 Å². The molecule has 1 aromatic carbocycles. The van der Waals surface area contributed by atoms with Crippen LogP contribution >= 0.6 is 0 Å². The molecule has 1 atom stereocenters. The van der Waals surface area contributed by atoms with Crippen molar-refractivity contribution in [3.8, 4) is 0 Å². The summed E-state index contributed by atoms with van der Waals surface area (Å²) in [5, 5.41) is 9.73. The third kappa shape index (κ3) is 2.91. The maximum Gasteiger partial charge on any atom is 0.243 e. The number of aliphatic hydroxyl groups is 1. The summed E-state index contributed by atoms with van der Waals surface area (Å²) in [7, 11) is -3.69. The molecule has 0 saturated carbocycles. The molecule has 1 aromatic heterocycles. The maximum absolute atomic E-state index is 12.3. The van der Waals surface area contributed by atoms with E-state index in [1.165, 1.54) is 6.07 Å². The third-order valence-corrected chi connectivity index (χ3v) is 4.36. The van der Waals surface area contributed by atoms with E-state index in [2.05, 4.69) is 9.71 Å². The van der Waals surface area contributed by atoms with Gasteiger partial charge in [0.25, 0.3) is 0 Å². The van der Waals surface area contributed by atoms with E-state index in [1.807, 2.05) is 25.1 Å². The number of nitrogens with one attached hydrogen (secondary N) is 1. The summed E-state index contributed by atoms with van der Waals surface area (Å²) in [6, 6.07) is 8.15. The zero-order chi connectivity index (χ0) is 14.0. The molecular formula is C13H16N2O3S. The van der Waals surface area contributed by atoms with Gasteiger partial charge in [-0.25, -0.2) is 13.1 Å². The average Bonchev–Trinajstić information content (AvgIpc) is 2.37. The number of aliphatic hydroxyl groups excluding tert-OH is 1. The maximum atomic E-state index is 12.3. The van der Waals surface area contributed by atoms with Gasteiger partial charge in [-0.1, -0.05) is 18.2 Å². The first kappa shape index (κ1) is 13.9. The molecule has 0 fully saturated rings. The van der Waals surface area contributed by atoms with Crippen LogP contribution in [0.1, 0.15) is 12.6 Å². The lowest BCUT2D eigenvalue weighted by Gasteiger charge is -2.13. The molecule has 0 aliphatic heterocycles. The van der Waals surface area contributed by atoms with E-state index in [-0.39, 0.29) is 11.5 Å². The number of hydrogen-bond donors (Lipinski definition) is 2. The smallest absolute Gasteiger partial charge is 0.243 e. The number of aromatic nitrogens is 1. The lowest BCUT2D eigenvalue weighted by atomic mass is 10.2. The van der Waals surface area contributed by atoms with Crippen molar-refractivity contribution in [3.05, 3.63) is 36.0 Å². The Labute approximate surface area is 112 Å². The Bertz CT molecular complexity index is 698. The molecule has 2 aromatic rings. The fourth-order valence-electron chi connectivity index (χ4n) is 1.80. The number of fused-ring (bicyclic) bond motifs is 1. The number of pyridine rings is 1. The highest BCUT2D eigenvalue weighted by Gasteiger charge is 2.20. The second kappa shape index (κ2) is 5.24. The van der Waals surface area contributed by atoms with Crippen LogP contribution in [0.5, 0.6) is 0 Å². The highest BCUT2D eigenvalue weighted by molar-refractivity contribution is 7.89. The van der Waals surface area contributed by atoms with Crippen LogP contribution in [0.3, 0.4) is 0 Å². The number of sulfonamides is 1. The van der Waals surface area contributed by atoms with E-state index in [4.69, 9.17) is 5.11 Å². The van der Waals surface area contributed by atoms with Gasteiger partial charge in [-0.2, -0.15) is 0 Å². The van der Waals surface area contributed by atoms with Gasteiger partial charge in [-0.05, 0) is 26.0 Å². The van der Waals surface area contributed by atoms with Crippen molar-refractivity contribution in [2.75, 3.05) is 6.61 Å². The van der Waals surface area contributed by atoms with E-state index in [1.54, 1.807) is 13.0 Å². The molecule has 0 radical (unpaired) electrons. The van der Waals surface area contributed by atoms with Crippen molar-refractivity contribution in [2.45, 2.75) is 24.8 Å². The molecule has 0 bridgehead atoms. The summed E-state index contributed by atoms with van der Waals surface area (Å²) in [6.07, 6.45) is 0. The van der Waals surface area contributed by atoms with Crippen molar-refractivity contribution in [1.82, 2.24) is 9.71 Å². The molecule has 0 aliphatic rings. The third-order valence-electron chi connectivity index (χ3n) is 2.74. The highest BCUT2D eigenvalue weighted by Crippen LogP contribution is 2.21. The number of benzene rings is 1. The SMILES string of the molecule is Cc1ccc2cccc(S(=O)(=O)N[C@H](C)CO)c2n1. The van der Waals surface area contributed by atoms with Crippen LogP contribution in [0, 0.1) is 6.92 Å². The van der Waals surface area contributed by atoms with E-state index >= 15 is 0 Å². The van der Waals surface area contributed by atoms with Crippen LogP contribution in [0.15, 0.2) is 35.2 Å². The van der Waals surface area contributed by atoms with Crippen LogP contribution in [0.4, 0.5) is 0 Å². The highest BCUT2D eigenvalue weighted by atomic mass is 32.2.